The van der Waals surface area contributed by atoms with E-state index < -0.39 is 0 Å². The highest BCUT2D eigenvalue weighted by Crippen LogP contribution is 2.29. The third-order valence-electron chi connectivity index (χ3n) is 3.94. The summed E-state index contributed by atoms with van der Waals surface area (Å²) in [5.41, 5.74) is 3.16. The second-order valence-electron chi connectivity index (χ2n) is 5.64. The van der Waals surface area contributed by atoms with Gasteiger partial charge in [-0.1, -0.05) is 6.07 Å². The molecule has 0 radical (unpaired) electrons. The van der Waals surface area contributed by atoms with Gasteiger partial charge in [-0.2, -0.15) is 0 Å². The van der Waals surface area contributed by atoms with Crippen molar-refractivity contribution >= 4 is 33.8 Å². The van der Waals surface area contributed by atoms with Crippen molar-refractivity contribution in [3.63, 3.8) is 0 Å². The third kappa shape index (κ3) is 2.92. The molecule has 0 bridgehead atoms. The minimum absolute atomic E-state index is 0.197. The van der Waals surface area contributed by atoms with Gasteiger partial charge in [0.05, 0.1) is 11.4 Å². The second-order valence-corrected chi connectivity index (χ2v) is 6.64. The number of nitrogens with zero attached hydrogens (tertiary/aromatic N) is 1. The molecule has 0 atom stereocenters. The maximum Gasteiger partial charge on any atom is 0.267 e. The van der Waals surface area contributed by atoms with Crippen molar-refractivity contribution in [3.05, 3.63) is 71.1 Å². The Kier molecular flexibility index (Phi) is 3.82. The quantitative estimate of drug-likeness (QED) is 0.546. The number of halogens is 1. The zero-order valence-electron chi connectivity index (χ0n) is 13.3. The lowest BCUT2D eigenvalue weighted by atomic mass is 10.2. The van der Waals surface area contributed by atoms with Gasteiger partial charge in [0.25, 0.3) is 5.91 Å². The van der Waals surface area contributed by atoms with E-state index >= 15 is 0 Å². The van der Waals surface area contributed by atoms with Gasteiger partial charge in [0, 0.05) is 22.7 Å². The predicted octanol–water partition coefficient (Wildman–Crippen LogP) is 4.99. The number of nitrogens with one attached hydrogen (secondary N) is 2. The molecular formula is C19H14FN3OS. The van der Waals surface area contributed by atoms with Crippen molar-refractivity contribution in [3.8, 4) is 10.6 Å². The number of hydrogen-bond acceptors (Lipinski definition) is 3. The number of carbonyl (C=O) groups is 1. The zero-order valence-corrected chi connectivity index (χ0v) is 14.2. The number of thiazole rings is 1. The Labute approximate surface area is 147 Å². The van der Waals surface area contributed by atoms with Gasteiger partial charge in [-0.15, -0.1) is 11.3 Å². The van der Waals surface area contributed by atoms with Gasteiger partial charge in [0.2, 0.25) is 0 Å². The van der Waals surface area contributed by atoms with Gasteiger partial charge in [0.1, 0.15) is 15.7 Å². The fraction of sp³-hybridized carbons (Fsp3) is 0.0526. The Bertz CT molecular complexity index is 1070. The number of anilines is 1. The first-order chi connectivity index (χ1) is 12.1. The lowest BCUT2D eigenvalue weighted by molar-refractivity contribution is 0.103. The smallest absolute Gasteiger partial charge is 0.267 e. The Balaban J connectivity index is 1.64. The third-order valence-corrected chi connectivity index (χ3v) is 5.14. The first-order valence-corrected chi connectivity index (χ1v) is 8.54. The van der Waals surface area contributed by atoms with Gasteiger partial charge in [-0.05, 0) is 49.4 Å². The Hall–Kier alpha value is -2.99. The van der Waals surface area contributed by atoms with Crippen molar-refractivity contribution in [1.82, 2.24) is 9.97 Å². The predicted molar refractivity (Wildman–Crippen MR) is 98.5 cm³/mol. The maximum absolute atomic E-state index is 13.1. The molecule has 4 aromatic rings. The monoisotopic (exact) mass is 351 g/mol. The molecule has 0 fully saturated rings. The Morgan fingerprint density at radius 2 is 1.96 bits per heavy atom. The van der Waals surface area contributed by atoms with Crippen molar-refractivity contribution < 1.29 is 9.18 Å². The van der Waals surface area contributed by atoms with Crippen LogP contribution in [0.3, 0.4) is 0 Å². The van der Waals surface area contributed by atoms with Crippen molar-refractivity contribution in [2.45, 2.75) is 6.92 Å². The lowest BCUT2D eigenvalue weighted by Gasteiger charge is -2.05. The summed E-state index contributed by atoms with van der Waals surface area (Å²) in [6.07, 6.45) is 1.84. The minimum Gasteiger partial charge on any atom is -0.361 e. The molecule has 1 amide bonds. The van der Waals surface area contributed by atoms with Crippen LogP contribution in [0, 0.1) is 12.7 Å². The van der Waals surface area contributed by atoms with E-state index in [-0.39, 0.29) is 11.7 Å². The molecule has 2 aromatic carbocycles. The first-order valence-electron chi connectivity index (χ1n) is 7.72. The largest absolute Gasteiger partial charge is 0.361 e. The van der Waals surface area contributed by atoms with Crippen molar-refractivity contribution in [2.75, 3.05) is 5.32 Å². The number of aromatic nitrogens is 2. The summed E-state index contributed by atoms with van der Waals surface area (Å²) < 4.78 is 13.1. The number of carbonyl (C=O) groups excluding carboxylic acids is 1. The molecule has 4 rings (SSSR count). The average Bonchev–Trinajstić information content (AvgIpc) is 3.22. The number of rotatable bonds is 3. The number of aromatic amines is 1. The van der Waals surface area contributed by atoms with Gasteiger partial charge in [-0.25, -0.2) is 9.37 Å². The number of amides is 1. The van der Waals surface area contributed by atoms with E-state index in [1.807, 2.05) is 30.5 Å². The van der Waals surface area contributed by atoms with E-state index in [2.05, 4.69) is 15.3 Å². The average molecular weight is 351 g/mol. The summed E-state index contributed by atoms with van der Waals surface area (Å²) in [5.74, 6) is -0.494. The summed E-state index contributed by atoms with van der Waals surface area (Å²) in [5, 5.41) is 4.61. The molecule has 0 aliphatic carbocycles. The van der Waals surface area contributed by atoms with Crippen LogP contribution in [0.25, 0.3) is 21.5 Å². The van der Waals surface area contributed by atoms with E-state index in [0.29, 0.717) is 15.6 Å². The van der Waals surface area contributed by atoms with Crippen LogP contribution < -0.4 is 5.32 Å². The van der Waals surface area contributed by atoms with E-state index in [9.17, 15) is 9.18 Å². The normalized spacial score (nSPS) is 11.0. The number of aryl methyl sites for hydroxylation is 1. The summed E-state index contributed by atoms with van der Waals surface area (Å²) in [6, 6.07) is 13.7. The van der Waals surface area contributed by atoms with Gasteiger partial charge < -0.3 is 10.3 Å². The van der Waals surface area contributed by atoms with E-state index in [4.69, 9.17) is 0 Å². The number of benzene rings is 2. The van der Waals surface area contributed by atoms with Crippen LogP contribution in [0.1, 0.15) is 15.4 Å². The lowest BCUT2D eigenvalue weighted by Crippen LogP contribution is -2.11. The van der Waals surface area contributed by atoms with E-state index in [0.717, 1.165) is 22.2 Å². The van der Waals surface area contributed by atoms with Crippen LogP contribution in [-0.4, -0.2) is 15.9 Å². The molecule has 124 valence electrons. The first kappa shape index (κ1) is 15.5. The highest BCUT2D eigenvalue weighted by atomic mass is 32.1. The molecule has 2 N–H and O–H groups in total. The van der Waals surface area contributed by atoms with Crippen LogP contribution in [0.2, 0.25) is 0 Å². The van der Waals surface area contributed by atoms with Crippen LogP contribution in [0.4, 0.5) is 10.1 Å². The zero-order chi connectivity index (χ0) is 17.4. The molecule has 0 unspecified atom stereocenters. The number of hydrogen-bond donors (Lipinski definition) is 2. The van der Waals surface area contributed by atoms with Crippen molar-refractivity contribution in [1.29, 1.82) is 0 Å². The van der Waals surface area contributed by atoms with E-state index in [1.165, 1.54) is 23.5 Å². The molecule has 0 saturated carbocycles. The standard InChI is InChI=1S/C19H14FN3OS/c1-11-17(25-19(22-11)12-5-7-13(20)8-6-12)18(24)23-16-4-2-3-15-14(16)9-10-21-15/h2-10,21H,1H3,(H,23,24). The highest BCUT2D eigenvalue weighted by Gasteiger charge is 2.17. The second kappa shape index (κ2) is 6.14. The fourth-order valence-corrected chi connectivity index (χ4v) is 3.66. The highest BCUT2D eigenvalue weighted by molar-refractivity contribution is 7.17. The minimum atomic E-state index is -0.297. The number of fused-ring (bicyclic) bond motifs is 1. The molecule has 0 aliphatic heterocycles. The van der Waals surface area contributed by atoms with Crippen LogP contribution in [0.5, 0.6) is 0 Å². The summed E-state index contributed by atoms with van der Waals surface area (Å²) >= 11 is 1.30. The molecule has 0 saturated heterocycles. The summed E-state index contributed by atoms with van der Waals surface area (Å²) in [4.78, 5) is 20.8. The van der Waals surface area contributed by atoms with Crippen LogP contribution >= 0.6 is 11.3 Å². The Morgan fingerprint density at radius 3 is 2.76 bits per heavy atom. The molecule has 2 heterocycles. The van der Waals surface area contributed by atoms with Gasteiger partial charge in [-0.3, -0.25) is 4.79 Å². The molecule has 6 heteroatoms. The Morgan fingerprint density at radius 1 is 1.16 bits per heavy atom. The molecule has 2 aromatic heterocycles. The van der Waals surface area contributed by atoms with E-state index in [1.54, 1.807) is 19.1 Å². The SMILES string of the molecule is Cc1nc(-c2ccc(F)cc2)sc1C(=O)Nc1cccc2[nH]ccc12. The molecule has 4 nitrogen and oxygen atoms in total. The van der Waals surface area contributed by atoms with Gasteiger partial charge >= 0.3 is 0 Å². The molecule has 25 heavy (non-hydrogen) atoms. The summed E-state index contributed by atoms with van der Waals surface area (Å²) in [7, 11) is 0. The molecule has 0 spiro atoms. The topological polar surface area (TPSA) is 57.8 Å². The van der Waals surface area contributed by atoms with Crippen LogP contribution in [0.15, 0.2) is 54.7 Å². The molecular weight excluding hydrogens is 337 g/mol. The van der Waals surface area contributed by atoms with Crippen molar-refractivity contribution in [2.24, 2.45) is 0 Å². The molecule has 0 aliphatic rings. The van der Waals surface area contributed by atoms with Gasteiger partial charge in [0.15, 0.2) is 0 Å². The van der Waals surface area contributed by atoms with Crippen LogP contribution in [-0.2, 0) is 0 Å². The maximum atomic E-state index is 13.1. The number of H-pyrrole nitrogens is 1. The summed E-state index contributed by atoms with van der Waals surface area (Å²) in [6.45, 7) is 1.80. The fourth-order valence-electron chi connectivity index (χ4n) is 2.70.